The summed E-state index contributed by atoms with van der Waals surface area (Å²) in [4.78, 5) is 4.86. The Bertz CT molecular complexity index is 808. The third-order valence-corrected chi connectivity index (χ3v) is 6.81. The molecule has 0 atom stereocenters. The second-order valence-electron chi connectivity index (χ2n) is 6.38. The Morgan fingerprint density at radius 3 is 2.60 bits per heavy atom. The Morgan fingerprint density at radius 1 is 1.20 bits per heavy atom. The molecule has 138 valence electrons. The van der Waals surface area contributed by atoms with E-state index in [1.54, 1.807) is 11.2 Å². The quantitative estimate of drug-likeness (QED) is 0.708. The van der Waals surface area contributed by atoms with Gasteiger partial charge in [0.05, 0.1) is 23.4 Å². The number of piperidine rings is 1. The third kappa shape index (κ3) is 3.88. The molecule has 0 bridgehead atoms. The highest BCUT2D eigenvalue weighted by molar-refractivity contribution is 7.89. The summed E-state index contributed by atoms with van der Waals surface area (Å²) in [6.07, 6.45) is 1.63. The number of fused-ring (bicyclic) bond motifs is 1. The first-order valence-corrected chi connectivity index (χ1v) is 10.7. The molecule has 1 fully saturated rings. The summed E-state index contributed by atoms with van der Waals surface area (Å²) < 4.78 is 33.5. The van der Waals surface area contributed by atoms with Gasteiger partial charge in [-0.05, 0) is 38.8 Å². The standard InChI is InChI=1S/C18H27N3O3S/c1-3-24-14-13-21-17-8-6-5-7-16(17)19-18(21)15-9-11-20(12-10-15)25(22,23)4-2/h5-8,15H,3-4,9-14H2,1-2H3. The molecule has 2 aromatic rings. The van der Waals surface area contributed by atoms with Crippen LogP contribution in [0.3, 0.4) is 0 Å². The smallest absolute Gasteiger partial charge is 0.213 e. The van der Waals surface area contributed by atoms with Crippen molar-refractivity contribution in [2.45, 2.75) is 39.2 Å². The number of rotatable bonds is 7. The van der Waals surface area contributed by atoms with Gasteiger partial charge in [0.2, 0.25) is 10.0 Å². The fourth-order valence-corrected chi connectivity index (χ4v) is 4.65. The summed E-state index contributed by atoms with van der Waals surface area (Å²) in [5, 5.41) is 0. The van der Waals surface area contributed by atoms with Crippen LogP contribution >= 0.6 is 0 Å². The molecule has 25 heavy (non-hydrogen) atoms. The third-order valence-electron chi connectivity index (χ3n) is 4.92. The lowest BCUT2D eigenvalue weighted by Gasteiger charge is -2.31. The number of para-hydroxylation sites is 2. The van der Waals surface area contributed by atoms with Crippen molar-refractivity contribution in [1.29, 1.82) is 0 Å². The second kappa shape index (κ2) is 7.85. The lowest BCUT2D eigenvalue weighted by Crippen LogP contribution is -2.39. The molecule has 0 N–H and O–H groups in total. The predicted octanol–water partition coefficient (Wildman–Crippen LogP) is 2.60. The van der Waals surface area contributed by atoms with Crippen LogP contribution in [0.1, 0.15) is 38.4 Å². The lowest BCUT2D eigenvalue weighted by atomic mass is 9.97. The average molecular weight is 365 g/mol. The van der Waals surface area contributed by atoms with Crippen LogP contribution in [-0.4, -0.2) is 54.3 Å². The molecule has 1 aliphatic rings. The number of imidazole rings is 1. The number of aromatic nitrogens is 2. The van der Waals surface area contributed by atoms with Gasteiger partial charge in [0.15, 0.2) is 0 Å². The minimum Gasteiger partial charge on any atom is -0.380 e. The zero-order valence-corrected chi connectivity index (χ0v) is 15.8. The molecule has 0 radical (unpaired) electrons. The van der Waals surface area contributed by atoms with Crippen molar-refractivity contribution >= 4 is 21.1 Å². The van der Waals surface area contributed by atoms with Crippen LogP contribution in [0.5, 0.6) is 0 Å². The molecule has 1 aliphatic heterocycles. The van der Waals surface area contributed by atoms with E-state index >= 15 is 0 Å². The van der Waals surface area contributed by atoms with Gasteiger partial charge in [0.25, 0.3) is 0 Å². The molecular formula is C18H27N3O3S. The first kappa shape index (κ1) is 18.4. The Balaban J connectivity index is 1.82. The van der Waals surface area contributed by atoms with E-state index in [1.807, 2.05) is 25.1 Å². The highest BCUT2D eigenvalue weighted by Gasteiger charge is 2.30. The molecule has 3 rings (SSSR count). The molecule has 1 saturated heterocycles. The van der Waals surface area contributed by atoms with Crippen LogP contribution in [-0.2, 0) is 21.3 Å². The number of hydrogen-bond donors (Lipinski definition) is 0. The molecule has 0 saturated carbocycles. The van der Waals surface area contributed by atoms with Crippen LogP contribution in [0.4, 0.5) is 0 Å². The maximum Gasteiger partial charge on any atom is 0.213 e. The average Bonchev–Trinajstić information content (AvgIpc) is 3.01. The zero-order valence-electron chi connectivity index (χ0n) is 15.0. The monoisotopic (exact) mass is 365 g/mol. The highest BCUT2D eigenvalue weighted by atomic mass is 32.2. The number of hydrogen-bond acceptors (Lipinski definition) is 4. The van der Waals surface area contributed by atoms with Gasteiger partial charge in [0, 0.05) is 32.2 Å². The molecule has 6 nitrogen and oxygen atoms in total. The van der Waals surface area contributed by atoms with Gasteiger partial charge < -0.3 is 9.30 Å². The van der Waals surface area contributed by atoms with Gasteiger partial charge in [-0.2, -0.15) is 0 Å². The lowest BCUT2D eigenvalue weighted by molar-refractivity contribution is 0.138. The minimum atomic E-state index is -3.09. The molecular weight excluding hydrogens is 338 g/mol. The summed E-state index contributed by atoms with van der Waals surface area (Å²) in [6, 6.07) is 8.16. The van der Waals surface area contributed by atoms with Crippen molar-refractivity contribution in [3.8, 4) is 0 Å². The molecule has 7 heteroatoms. The first-order valence-electron chi connectivity index (χ1n) is 9.07. The van der Waals surface area contributed by atoms with E-state index in [1.165, 1.54) is 0 Å². The molecule has 2 heterocycles. The minimum absolute atomic E-state index is 0.171. The number of nitrogens with zero attached hydrogens (tertiary/aromatic N) is 3. The van der Waals surface area contributed by atoms with E-state index in [4.69, 9.17) is 9.72 Å². The molecule has 0 unspecified atom stereocenters. The van der Waals surface area contributed by atoms with Crippen LogP contribution in [0, 0.1) is 0 Å². The first-order chi connectivity index (χ1) is 12.1. The molecule has 1 aromatic heterocycles. The summed E-state index contributed by atoms with van der Waals surface area (Å²) in [6.45, 7) is 7.00. The van der Waals surface area contributed by atoms with Crippen molar-refractivity contribution < 1.29 is 13.2 Å². The van der Waals surface area contributed by atoms with E-state index in [9.17, 15) is 8.42 Å². The predicted molar refractivity (Wildman–Crippen MR) is 99.2 cm³/mol. The van der Waals surface area contributed by atoms with Gasteiger partial charge in [-0.3, -0.25) is 0 Å². The number of ether oxygens (including phenoxy) is 1. The van der Waals surface area contributed by atoms with Crippen LogP contribution in [0.25, 0.3) is 11.0 Å². The van der Waals surface area contributed by atoms with E-state index in [-0.39, 0.29) is 11.7 Å². The number of sulfonamides is 1. The fourth-order valence-electron chi connectivity index (χ4n) is 3.52. The SMILES string of the molecule is CCOCCn1c(C2CCN(S(=O)(=O)CC)CC2)nc2ccccc21. The van der Waals surface area contributed by atoms with E-state index in [0.717, 1.165) is 36.2 Å². The summed E-state index contributed by atoms with van der Waals surface area (Å²) in [5.74, 6) is 1.52. The second-order valence-corrected chi connectivity index (χ2v) is 8.64. The Hall–Kier alpha value is -1.44. The van der Waals surface area contributed by atoms with Crippen molar-refractivity contribution in [2.75, 3.05) is 32.1 Å². The van der Waals surface area contributed by atoms with Gasteiger partial charge in [-0.25, -0.2) is 17.7 Å². The Labute approximate surface area is 149 Å². The van der Waals surface area contributed by atoms with E-state index in [0.29, 0.717) is 26.3 Å². The largest absolute Gasteiger partial charge is 0.380 e. The fraction of sp³-hybridized carbons (Fsp3) is 0.611. The van der Waals surface area contributed by atoms with Crippen molar-refractivity contribution in [1.82, 2.24) is 13.9 Å². The van der Waals surface area contributed by atoms with Gasteiger partial charge >= 0.3 is 0 Å². The number of benzene rings is 1. The molecule has 0 aliphatic carbocycles. The maximum atomic E-state index is 12.1. The van der Waals surface area contributed by atoms with E-state index in [2.05, 4.69) is 10.6 Å². The van der Waals surface area contributed by atoms with Gasteiger partial charge in [-0.1, -0.05) is 12.1 Å². The van der Waals surface area contributed by atoms with Crippen molar-refractivity contribution in [3.05, 3.63) is 30.1 Å². The Kier molecular flexibility index (Phi) is 5.76. The van der Waals surface area contributed by atoms with Crippen LogP contribution in [0.15, 0.2) is 24.3 Å². The van der Waals surface area contributed by atoms with Gasteiger partial charge in [0.1, 0.15) is 5.82 Å². The maximum absolute atomic E-state index is 12.1. The summed E-state index contributed by atoms with van der Waals surface area (Å²) in [7, 11) is -3.09. The van der Waals surface area contributed by atoms with Crippen molar-refractivity contribution in [3.63, 3.8) is 0 Å². The van der Waals surface area contributed by atoms with Crippen LogP contribution in [0.2, 0.25) is 0 Å². The van der Waals surface area contributed by atoms with E-state index < -0.39 is 10.0 Å². The van der Waals surface area contributed by atoms with Gasteiger partial charge in [-0.15, -0.1) is 0 Å². The molecule has 0 spiro atoms. The molecule has 0 amide bonds. The highest BCUT2D eigenvalue weighted by Crippen LogP contribution is 2.31. The van der Waals surface area contributed by atoms with Crippen molar-refractivity contribution in [2.24, 2.45) is 0 Å². The zero-order chi connectivity index (χ0) is 17.9. The Morgan fingerprint density at radius 2 is 1.92 bits per heavy atom. The summed E-state index contributed by atoms with van der Waals surface area (Å²) in [5.41, 5.74) is 2.12. The van der Waals surface area contributed by atoms with Crippen LogP contribution < -0.4 is 0 Å². The molecule has 1 aromatic carbocycles. The summed E-state index contributed by atoms with van der Waals surface area (Å²) >= 11 is 0. The normalized spacial score (nSPS) is 17.4. The topological polar surface area (TPSA) is 64.4 Å².